The molecule has 0 unspecified atom stereocenters. The number of aryl methyl sites for hydroxylation is 1. The molecule has 0 radical (unpaired) electrons. The van der Waals surface area contributed by atoms with Crippen molar-refractivity contribution < 1.29 is 13.2 Å². The molecule has 1 aromatic carbocycles. The lowest BCUT2D eigenvalue weighted by Gasteiger charge is -2.06. The van der Waals surface area contributed by atoms with E-state index in [2.05, 4.69) is 10.1 Å². The van der Waals surface area contributed by atoms with E-state index in [-0.39, 0.29) is 22.3 Å². The average Bonchev–Trinajstić information content (AvgIpc) is 2.73. The van der Waals surface area contributed by atoms with E-state index < -0.39 is 17.5 Å². The number of hydrogen-bond acceptors (Lipinski definition) is 2. The summed E-state index contributed by atoms with van der Waals surface area (Å²) in [5.74, 6) is -2.12. The van der Waals surface area contributed by atoms with Crippen LogP contribution >= 0.6 is 0 Å². The van der Waals surface area contributed by atoms with Gasteiger partial charge in [-0.25, -0.2) is 22.7 Å². The van der Waals surface area contributed by atoms with Crippen LogP contribution in [0.2, 0.25) is 0 Å². The lowest BCUT2D eigenvalue weighted by molar-refractivity contribution is 0.581. The number of benzene rings is 1. The van der Waals surface area contributed by atoms with E-state index in [0.717, 1.165) is 16.6 Å². The van der Waals surface area contributed by atoms with Crippen molar-refractivity contribution in [3.8, 4) is 11.3 Å². The predicted molar refractivity (Wildman–Crippen MR) is 63.0 cm³/mol. The molecule has 3 nitrogen and oxygen atoms in total. The highest BCUT2D eigenvalue weighted by Gasteiger charge is 2.19. The molecule has 0 atom stereocenters. The van der Waals surface area contributed by atoms with Crippen molar-refractivity contribution in [1.29, 1.82) is 0 Å². The monoisotopic (exact) mass is 263 g/mol. The van der Waals surface area contributed by atoms with Crippen LogP contribution in [0.5, 0.6) is 0 Å². The molecule has 3 aromatic rings. The summed E-state index contributed by atoms with van der Waals surface area (Å²) in [7, 11) is 0. The van der Waals surface area contributed by atoms with Gasteiger partial charge in [-0.1, -0.05) is 6.07 Å². The molecule has 0 saturated carbocycles. The molecular formula is C13H8F3N3. The fourth-order valence-electron chi connectivity index (χ4n) is 1.98. The van der Waals surface area contributed by atoms with Gasteiger partial charge in [-0.3, -0.25) is 0 Å². The summed E-state index contributed by atoms with van der Waals surface area (Å²) >= 11 is 0. The second-order valence-corrected chi connectivity index (χ2v) is 4.14. The number of aromatic nitrogens is 3. The smallest absolute Gasteiger partial charge is 0.152 e. The van der Waals surface area contributed by atoms with Gasteiger partial charge >= 0.3 is 0 Å². The van der Waals surface area contributed by atoms with E-state index in [4.69, 9.17) is 0 Å². The van der Waals surface area contributed by atoms with Crippen molar-refractivity contribution in [2.24, 2.45) is 0 Å². The molecular weight excluding hydrogens is 255 g/mol. The number of rotatable bonds is 1. The normalized spacial score (nSPS) is 11.2. The Morgan fingerprint density at radius 1 is 1.11 bits per heavy atom. The first-order valence-corrected chi connectivity index (χ1v) is 5.52. The zero-order valence-corrected chi connectivity index (χ0v) is 9.86. The Hall–Kier alpha value is -2.37. The van der Waals surface area contributed by atoms with Gasteiger partial charge in [0.15, 0.2) is 5.82 Å². The Morgan fingerprint density at radius 2 is 1.89 bits per heavy atom. The van der Waals surface area contributed by atoms with E-state index >= 15 is 0 Å². The number of hydrogen-bond donors (Lipinski definition) is 0. The predicted octanol–water partition coefficient (Wildman–Crippen LogP) is 3.12. The van der Waals surface area contributed by atoms with Crippen molar-refractivity contribution in [2.75, 3.05) is 0 Å². The van der Waals surface area contributed by atoms with Crippen LogP contribution in [0.25, 0.3) is 16.8 Å². The Balaban J connectivity index is 2.40. The summed E-state index contributed by atoms with van der Waals surface area (Å²) in [6, 6.07) is 3.52. The van der Waals surface area contributed by atoms with Crippen molar-refractivity contribution in [3.05, 3.63) is 53.7 Å². The zero-order valence-electron chi connectivity index (χ0n) is 9.86. The van der Waals surface area contributed by atoms with Gasteiger partial charge in [-0.2, -0.15) is 5.10 Å². The quantitative estimate of drug-likeness (QED) is 0.675. The summed E-state index contributed by atoms with van der Waals surface area (Å²) in [6.07, 6.45) is 2.43. The van der Waals surface area contributed by atoms with Crippen LogP contribution in [0.4, 0.5) is 13.2 Å². The van der Waals surface area contributed by atoms with E-state index in [1.165, 1.54) is 25.5 Å². The van der Waals surface area contributed by atoms with Gasteiger partial charge in [0.1, 0.15) is 23.5 Å². The zero-order chi connectivity index (χ0) is 13.6. The topological polar surface area (TPSA) is 30.2 Å². The van der Waals surface area contributed by atoms with E-state index in [0.29, 0.717) is 0 Å². The molecule has 0 amide bonds. The molecule has 2 aromatic heterocycles. The largest absolute Gasteiger partial charge is 0.241 e. The molecule has 2 heterocycles. The first-order valence-electron chi connectivity index (χ1n) is 5.52. The van der Waals surface area contributed by atoms with Crippen LogP contribution in [0, 0.1) is 24.4 Å². The summed E-state index contributed by atoms with van der Waals surface area (Å²) < 4.78 is 42.7. The van der Waals surface area contributed by atoms with Crippen molar-refractivity contribution in [2.45, 2.75) is 6.92 Å². The number of halogens is 3. The molecule has 0 N–H and O–H groups in total. The van der Waals surface area contributed by atoms with Crippen molar-refractivity contribution in [3.63, 3.8) is 0 Å². The maximum atomic E-state index is 14.1. The van der Waals surface area contributed by atoms with Gasteiger partial charge < -0.3 is 0 Å². The molecule has 0 fully saturated rings. The minimum Gasteiger partial charge on any atom is -0.241 e. The summed E-state index contributed by atoms with van der Waals surface area (Å²) in [5, 5.41) is 3.82. The molecule has 0 spiro atoms. The Bertz CT molecular complexity index is 780. The maximum absolute atomic E-state index is 14.1. The minimum atomic E-state index is -0.763. The van der Waals surface area contributed by atoms with Crippen molar-refractivity contribution in [1.82, 2.24) is 14.6 Å². The van der Waals surface area contributed by atoms with Crippen LogP contribution in [-0.4, -0.2) is 14.6 Å². The van der Waals surface area contributed by atoms with Crippen LogP contribution in [0.1, 0.15) is 5.56 Å². The average molecular weight is 263 g/mol. The van der Waals surface area contributed by atoms with Gasteiger partial charge in [-0.05, 0) is 18.6 Å². The SMILES string of the molecule is Cc1ccc(F)c(-c2cc(F)c3cncnn23)c1F. The van der Waals surface area contributed by atoms with Gasteiger partial charge in [-0.15, -0.1) is 0 Å². The molecule has 6 heteroatoms. The van der Waals surface area contributed by atoms with Crippen LogP contribution in [0.15, 0.2) is 30.7 Å². The van der Waals surface area contributed by atoms with Crippen LogP contribution in [0.3, 0.4) is 0 Å². The second kappa shape index (κ2) is 4.08. The molecule has 96 valence electrons. The number of nitrogens with zero attached hydrogens (tertiary/aromatic N) is 3. The molecule has 19 heavy (non-hydrogen) atoms. The second-order valence-electron chi connectivity index (χ2n) is 4.14. The molecule has 0 aliphatic heterocycles. The fourth-order valence-corrected chi connectivity index (χ4v) is 1.98. The van der Waals surface area contributed by atoms with Crippen LogP contribution < -0.4 is 0 Å². The third kappa shape index (κ3) is 1.68. The Kier molecular flexibility index (Phi) is 2.51. The van der Waals surface area contributed by atoms with E-state index in [1.807, 2.05) is 0 Å². The van der Waals surface area contributed by atoms with Gasteiger partial charge in [0, 0.05) is 6.07 Å². The van der Waals surface area contributed by atoms with Crippen LogP contribution in [-0.2, 0) is 0 Å². The Labute approximate surface area is 106 Å². The van der Waals surface area contributed by atoms with Gasteiger partial charge in [0.2, 0.25) is 0 Å². The first kappa shape index (κ1) is 11.7. The lowest BCUT2D eigenvalue weighted by atomic mass is 10.1. The molecule has 0 aliphatic carbocycles. The molecule has 3 rings (SSSR count). The summed E-state index contributed by atoms with van der Waals surface area (Å²) in [4.78, 5) is 3.68. The van der Waals surface area contributed by atoms with Gasteiger partial charge in [0.05, 0.1) is 17.5 Å². The highest BCUT2D eigenvalue weighted by atomic mass is 19.1. The summed E-state index contributed by atoms with van der Waals surface area (Å²) in [5.41, 5.74) is 0.0739. The summed E-state index contributed by atoms with van der Waals surface area (Å²) in [6.45, 7) is 1.51. The highest BCUT2D eigenvalue weighted by Crippen LogP contribution is 2.30. The fraction of sp³-hybridized carbons (Fsp3) is 0.0769. The maximum Gasteiger partial charge on any atom is 0.152 e. The Morgan fingerprint density at radius 3 is 2.68 bits per heavy atom. The molecule has 0 saturated heterocycles. The standard InChI is InChI=1S/C13H8F3N3/c1-7-2-3-8(14)12(13(7)16)10-4-9(15)11-5-17-6-18-19(10)11/h2-6H,1H3. The highest BCUT2D eigenvalue weighted by molar-refractivity contribution is 5.68. The number of fused-ring (bicyclic) bond motifs is 1. The van der Waals surface area contributed by atoms with Crippen molar-refractivity contribution >= 4 is 5.52 Å². The van der Waals surface area contributed by atoms with E-state index in [9.17, 15) is 13.2 Å². The van der Waals surface area contributed by atoms with Gasteiger partial charge in [0.25, 0.3) is 0 Å². The first-order chi connectivity index (χ1) is 9.09. The molecule has 0 aliphatic rings. The third-order valence-corrected chi connectivity index (χ3v) is 2.94. The minimum absolute atomic E-state index is 0.0219. The lowest BCUT2D eigenvalue weighted by Crippen LogP contribution is -1.99. The molecule has 0 bridgehead atoms. The van der Waals surface area contributed by atoms with E-state index in [1.54, 1.807) is 0 Å². The third-order valence-electron chi connectivity index (χ3n) is 2.94.